The molecule has 0 atom stereocenters. The Kier molecular flexibility index (Phi) is 7.71. The largest absolute Gasteiger partial charge is 0.462 e. The quantitative estimate of drug-likeness (QED) is 0.264. The number of nitrogens with zero attached hydrogens (tertiary/aromatic N) is 3. The molecule has 1 aliphatic rings. The van der Waals surface area contributed by atoms with E-state index in [1.807, 2.05) is 4.90 Å². The summed E-state index contributed by atoms with van der Waals surface area (Å²) in [7, 11) is 0. The lowest BCUT2D eigenvalue weighted by Crippen LogP contribution is -2.48. The molecule has 0 bridgehead atoms. The Hall–Kier alpha value is -3.10. The first-order chi connectivity index (χ1) is 15.3. The Morgan fingerprint density at radius 3 is 2.47 bits per heavy atom. The number of hydrogen-bond donors (Lipinski definition) is 0. The van der Waals surface area contributed by atoms with Crippen molar-refractivity contribution in [2.75, 3.05) is 37.7 Å². The van der Waals surface area contributed by atoms with Crippen LogP contribution in [-0.4, -0.2) is 54.5 Å². The third kappa shape index (κ3) is 5.57. The van der Waals surface area contributed by atoms with Crippen LogP contribution in [0, 0.1) is 10.1 Å². The molecule has 1 heterocycles. The Morgan fingerprint density at radius 2 is 1.84 bits per heavy atom. The summed E-state index contributed by atoms with van der Waals surface area (Å²) >= 11 is 12.0. The highest BCUT2D eigenvalue weighted by Crippen LogP contribution is 2.30. The molecule has 1 aliphatic heterocycles. The minimum absolute atomic E-state index is 0.127. The molecule has 32 heavy (non-hydrogen) atoms. The first kappa shape index (κ1) is 23.6. The summed E-state index contributed by atoms with van der Waals surface area (Å²) in [5.74, 6) is -0.784. The van der Waals surface area contributed by atoms with Gasteiger partial charge in [0.2, 0.25) is 5.91 Å². The van der Waals surface area contributed by atoms with E-state index in [9.17, 15) is 19.7 Å². The number of esters is 1. The van der Waals surface area contributed by atoms with E-state index in [4.69, 9.17) is 27.9 Å². The minimum atomic E-state index is -0.606. The molecular weight excluding hydrogens is 457 g/mol. The van der Waals surface area contributed by atoms with Gasteiger partial charge in [-0.2, -0.15) is 0 Å². The maximum Gasteiger partial charge on any atom is 0.338 e. The van der Waals surface area contributed by atoms with Crippen LogP contribution < -0.4 is 4.90 Å². The number of nitro benzene ring substituents is 1. The molecule has 0 saturated carbocycles. The van der Waals surface area contributed by atoms with Crippen LogP contribution in [0.4, 0.5) is 11.4 Å². The number of amides is 1. The van der Waals surface area contributed by atoms with Crippen LogP contribution in [0.5, 0.6) is 0 Å². The van der Waals surface area contributed by atoms with Crippen molar-refractivity contribution in [3.63, 3.8) is 0 Å². The molecule has 0 N–H and O–H groups in total. The van der Waals surface area contributed by atoms with Crippen LogP contribution in [0.15, 0.2) is 42.5 Å². The molecule has 0 aliphatic carbocycles. The summed E-state index contributed by atoms with van der Waals surface area (Å²) < 4.78 is 4.92. The van der Waals surface area contributed by atoms with E-state index in [0.29, 0.717) is 47.5 Å². The fourth-order valence-electron chi connectivity index (χ4n) is 3.35. The predicted octanol–water partition coefficient (Wildman–Crippen LogP) is 4.44. The standard InChI is InChI=1S/C22H21Cl2N3O5/c1-2-32-22(29)16-4-7-19(20(13-16)27(30)31)25-9-11-26(12-10-25)21(28)8-5-15-3-6-17(23)14-18(15)24/h3-8,13-14H,2,9-12H2,1H3/b8-5+. The molecule has 0 spiro atoms. The Morgan fingerprint density at radius 1 is 1.12 bits per heavy atom. The lowest BCUT2D eigenvalue weighted by atomic mass is 10.1. The van der Waals surface area contributed by atoms with Gasteiger partial charge in [0.25, 0.3) is 5.69 Å². The molecule has 8 nitrogen and oxygen atoms in total. The highest BCUT2D eigenvalue weighted by Gasteiger charge is 2.26. The van der Waals surface area contributed by atoms with Gasteiger partial charge < -0.3 is 14.5 Å². The van der Waals surface area contributed by atoms with E-state index < -0.39 is 10.9 Å². The maximum absolute atomic E-state index is 12.5. The molecule has 10 heteroatoms. The number of carbonyl (C=O) groups excluding carboxylic acids is 2. The van der Waals surface area contributed by atoms with Gasteiger partial charge >= 0.3 is 5.97 Å². The number of nitro groups is 1. The van der Waals surface area contributed by atoms with Crippen molar-refractivity contribution in [2.24, 2.45) is 0 Å². The number of ether oxygens (including phenoxy) is 1. The molecule has 1 fully saturated rings. The van der Waals surface area contributed by atoms with Crippen molar-refractivity contribution in [1.29, 1.82) is 0 Å². The molecule has 2 aromatic rings. The van der Waals surface area contributed by atoms with Crippen LogP contribution >= 0.6 is 23.2 Å². The zero-order chi connectivity index (χ0) is 23.3. The average Bonchev–Trinajstić information content (AvgIpc) is 2.78. The highest BCUT2D eigenvalue weighted by atomic mass is 35.5. The Balaban J connectivity index is 1.67. The molecule has 1 amide bonds. The van der Waals surface area contributed by atoms with Crippen molar-refractivity contribution >= 4 is 52.5 Å². The van der Waals surface area contributed by atoms with Crippen LogP contribution in [0.2, 0.25) is 10.0 Å². The second-order valence-corrected chi connectivity index (χ2v) is 7.84. The zero-order valence-corrected chi connectivity index (χ0v) is 18.8. The second-order valence-electron chi connectivity index (χ2n) is 6.99. The first-order valence-electron chi connectivity index (χ1n) is 9.92. The van der Waals surface area contributed by atoms with E-state index >= 15 is 0 Å². The van der Waals surface area contributed by atoms with Gasteiger partial charge in [0, 0.05) is 48.4 Å². The summed E-state index contributed by atoms with van der Waals surface area (Å²) in [6, 6.07) is 9.30. The minimum Gasteiger partial charge on any atom is -0.462 e. The van der Waals surface area contributed by atoms with Crippen molar-refractivity contribution in [3.05, 3.63) is 73.8 Å². The number of rotatable bonds is 6. The van der Waals surface area contributed by atoms with Gasteiger partial charge in [-0.05, 0) is 42.8 Å². The van der Waals surface area contributed by atoms with E-state index in [2.05, 4.69) is 0 Å². The predicted molar refractivity (Wildman–Crippen MR) is 123 cm³/mol. The smallest absolute Gasteiger partial charge is 0.338 e. The van der Waals surface area contributed by atoms with Crippen molar-refractivity contribution < 1.29 is 19.2 Å². The molecule has 1 saturated heterocycles. The van der Waals surface area contributed by atoms with Gasteiger partial charge in [-0.15, -0.1) is 0 Å². The maximum atomic E-state index is 12.5. The fraction of sp³-hybridized carbons (Fsp3) is 0.273. The monoisotopic (exact) mass is 477 g/mol. The molecule has 0 radical (unpaired) electrons. The molecule has 2 aromatic carbocycles. The third-order valence-electron chi connectivity index (χ3n) is 4.98. The van der Waals surface area contributed by atoms with Crippen LogP contribution in [0.3, 0.4) is 0 Å². The van der Waals surface area contributed by atoms with E-state index in [-0.39, 0.29) is 23.8 Å². The van der Waals surface area contributed by atoms with Gasteiger partial charge in [-0.3, -0.25) is 14.9 Å². The summed E-state index contributed by atoms with van der Waals surface area (Å²) in [6.45, 7) is 3.48. The Bertz CT molecular complexity index is 1070. The SMILES string of the molecule is CCOC(=O)c1ccc(N2CCN(C(=O)/C=C/c3ccc(Cl)cc3Cl)CC2)c([N+](=O)[O-])c1. The molecule has 0 unspecified atom stereocenters. The van der Waals surface area contributed by atoms with Gasteiger partial charge in [0.15, 0.2) is 0 Å². The highest BCUT2D eigenvalue weighted by molar-refractivity contribution is 6.35. The number of hydrogen-bond acceptors (Lipinski definition) is 6. The number of halogens is 2. The Labute approximate surface area is 195 Å². The molecule has 0 aromatic heterocycles. The van der Waals surface area contributed by atoms with Gasteiger partial charge in [-0.1, -0.05) is 29.3 Å². The number of piperazine rings is 1. The van der Waals surface area contributed by atoms with Crippen LogP contribution in [0.1, 0.15) is 22.8 Å². The van der Waals surface area contributed by atoms with E-state index in [0.717, 1.165) is 0 Å². The summed E-state index contributed by atoms with van der Waals surface area (Å²) in [6.07, 6.45) is 3.08. The topological polar surface area (TPSA) is 93.0 Å². The normalized spacial score (nSPS) is 14.0. The zero-order valence-electron chi connectivity index (χ0n) is 17.3. The second kappa shape index (κ2) is 10.5. The van der Waals surface area contributed by atoms with Crippen molar-refractivity contribution in [3.8, 4) is 0 Å². The lowest BCUT2D eigenvalue weighted by Gasteiger charge is -2.35. The lowest BCUT2D eigenvalue weighted by molar-refractivity contribution is -0.384. The number of carbonyl (C=O) groups is 2. The third-order valence-corrected chi connectivity index (χ3v) is 5.55. The van der Waals surface area contributed by atoms with Gasteiger partial charge in [0.05, 0.1) is 17.1 Å². The van der Waals surface area contributed by atoms with Crippen molar-refractivity contribution in [1.82, 2.24) is 4.90 Å². The molecule has 3 rings (SSSR count). The first-order valence-corrected chi connectivity index (χ1v) is 10.7. The molecular formula is C22H21Cl2N3O5. The van der Waals surface area contributed by atoms with Gasteiger partial charge in [-0.25, -0.2) is 4.79 Å². The number of anilines is 1. The summed E-state index contributed by atoms with van der Waals surface area (Å²) in [4.78, 5) is 39.0. The average molecular weight is 478 g/mol. The fourth-order valence-corrected chi connectivity index (χ4v) is 3.82. The van der Waals surface area contributed by atoms with Crippen molar-refractivity contribution in [2.45, 2.75) is 6.92 Å². The van der Waals surface area contributed by atoms with E-state index in [1.165, 1.54) is 18.2 Å². The van der Waals surface area contributed by atoms with Gasteiger partial charge in [0.1, 0.15) is 5.69 Å². The van der Waals surface area contributed by atoms with E-state index in [1.54, 1.807) is 42.2 Å². The van der Waals surface area contributed by atoms with Crippen LogP contribution in [0.25, 0.3) is 6.08 Å². The molecule has 168 valence electrons. The summed E-state index contributed by atoms with van der Waals surface area (Å²) in [5.41, 5.74) is 1.04. The summed E-state index contributed by atoms with van der Waals surface area (Å²) in [5, 5.41) is 12.5. The number of benzene rings is 2. The van der Waals surface area contributed by atoms with Crippen LogP contribution in [-0.2, 0) is 9.53 Å².